The topological polar surface area (TPSA) is 78.9 Å². The van der Waals surface area contributed by atoms with Crippen LogP contribution in [0.5, 0.6) is 5.88 Å². The smallest absolute Gasteiger partial charge is 0.422 e. The van der Waals surface area contributed by atoms with E-state index >= 15 is 0 Å². The van der Waals surface area contributed by atoms with E-state index in [0.717, 1.165) is 31.5 Å². The number of ether oxygens (including phenoxy) is 1. The summed E-state index contributed by atoms with van der Waals surface area (Å²) in [5, 5.41) is 6.34. The molecule has 1 saturated heterocycles. The second-order valence-corrected chi connectivity index (χ2v) is 6.37. The quantitative estimate of drug-likeness (QED) is 0.223. The fourth-order valence-corrected chi connectivity index (χ4v) is 2.67. The molecular formula is C18H27F3IN5O2. The van der Waals surface area contributed by atoms with Gasteiger partial charge in [0.2, 0.25) is 11.8 Å². The molecule has 1 aliphatic heterocycles. The Bertz CT molecular complexity index is 656. The maximum Gasteiger partial charge on any atom is 0.422 e. The Morgan fingerprint density at radius 2 is 2.14 bits per heavy atom. The molecule has 1 fully saturated rings. The number of nitrogens with one attached hydrogen (secondary N) is 2. The van der Waals surface area contributed by atoms with Gasteiger partial charge in [-0.2, -0.15) is 13.2 Å². The molecule has 0 unspecified atom stereocenters. The maximum absolute atomic E-state index is 12.1. The third kappa shape index (κ3) is 9.99. The van der Waals surface area contributed by atoms with Crippen molar-refractivity contribution in [2.45, 2.75) is 38.9 Å². The molecule has 2 heterocycles. The molecule has 7 nitrogen and oxygen atoms in total. The number of aromatic nitrogens is 1. The Labute approximate surface area is 185 Å². The largest absolute Gasteiger partial charge is 0.468 e. The lowest BCUT2D eigenvalue weighted by Crippen LogP contribution is -2.39. The van der Waals surface area contributed by atoms with Crippen LogP contribution in [0.2, 0.25) is 0 Å². The molecule has 1 aromatic heterocycles. The molecule has 0 aliphatic carbocycles. The Balaban J connectivity index is 0.00000420. The zero-order chi connectivity index (χ0) is 20.4. The number of carbonyl (C=O) groups is 1. The Kier molecular flexibility index (Phi) is 11.1. The highest BCUT2D eigenvalue weighted by atomic mass is 127. The summed E-state index contributed by atoms with van der Waals surface area (Å²) in [6.07, 6.45) is -0.546. The number of hydrogen-bond acceptors (Lipinski definition) is 4. The van der Waals surface area contributed by atoms with E-state index in [4.69, 9.17) is 0 Å². The summed E-state index contributed by atoms with van der Waals surface area (Å²) in [4.78, 5) is 21.8. The van der Waals surface area contributed by atoms with Crippen molar-refractivity contribution in [2.24, 2.45) is 4.99 Å². The Morgan fingerprint density at radius 1 is 1.34 bits per heavy atom. The SMILES string of the molecule is CCNC(=NCc1ccc(OCC(F)(F)F)nc1)NCCCN1CCCC1=O.I. The van der Waals surface area contributed by atoms with E-state index in [9.17, 15) is 18.0 Å². The molecule has 1 aromatic rings. The normalized spacial score (nSPS) is 14.6. The number of pyridine rings is 1. The summed E-state index contributed by atoms with van der Waals surface area (Å²) in [5.41, 5.74) is 0.749. The second-order valence-electron chi connectivity index (χ2n) is 6.37. The van der Waals surface area contributed by atoms with Crippen LogP contribution in [-0.2, 0) is 11.3 Å². The first-order valence-corrected chi connectivity index (χ1v) is 9.32. The highest BCUT2D eigenvalue weighted by Gasteiger charge is 2.28. The number of halogens is 4. The van der Waals surface area contributed by atoms with E-state index in [0.29, 0.717) is 32.0 Å². The number of rotatable bonds is 9. The molecule has 1 aliphatic rings. The minimum absolute atomic E-state index is 0. The monoisotopic (exact) mass is 529 g/mol. The first-order chi connectivity index (χ1) is 13.4. The summed E-state index contributed by atoms with van der Waals surface area (Å²) in [5.74, 6) is 0.773. The van der Waals surface area contributed by atoms with Gasteiger partial charge in [0, 0.05) is 44.9 Å². The van der Waals surface area contributed by atoms with Crippen molar-refractivity contribution in [3.63, 3.8) is 0 Å². The first-order valence-electron chi connectivity index (χ1n) is 9.32. The van der Waals surface area contributed by atoms with Crippen LogP contribution in [0.15, 0.2) is 23.3 Å². The van der Waals surface area contributed by atoms with Gasteiger partial charge < -0.3 is 20.3 Å². The highest BCUT2D eigenvalue weighted by Crippen LogP contribution is 2.17. The predicted octanol–water partition coefficient (Wildman–Crippen LogP) is 2.71. The molecule has 11 heteroatoms. The van der Waals surface area contributed by atoms with Crippen LogP contribution < -0.4 is 15.4 Å². The van der Waals surface area contributed by atoms with Crippen molar-refractivity contribution in [3.05, 3.63) is 23.9 Å². The average molecular weight is 529 g/mol. The van der Waals surface area contributed by atoms with Crippen molar-refractivity contribution in [3.8, 4) is 5.88 Å². The van der Waals surface area contributed by atoms with Crippen LogP contribution in [0.4, 0.5) is 13.2 Å². The molecular weight excluding hydrogens is 502 g/mol. The number of likely N-dealkylation sites (tertiary alicyclic amines) is 1. The van der Waals surface area contributed by atoms with Gasteiger partial charge in [-0.3, -0.25) is 4.79 Å². The molecule has 2 rings (SSSR count). The van der Waals surface area contributed by atoms with E-state index in [1.54, 1.807) is 6.07 Å². The Hall–Kier alpha value is -1.79. The number of nitrogens with zero attached hydrogens (tertiary/aromatic N) is 3. The summed E-state index contributed by atoms with van der Waals surface area (Å²) >= 11 is 0. The lowest BCUT2D eigenvalue weighted by Gasteiger charge is -2.16. The molecule has 0 bridgehead atoms. The first kappa shape index (κ1) is 25.2. The van der Waals surface area contributed by atoms with Gasteiger partial charge in [-0.1, -0.05) is 6.07 Å². The van der Waals surface area contributed by atoms with Crippen LogP contribution in [0.25, 0.3) is 0 Å². The van der Waals surface area contributed by atoms with Crippen LogP contribution in [0.3, 0.4) is 0 Å². The zero-order valence-corrected chi connectivity index (χ0v) is 18.6. The van der Waals surface area contributed by atoms with Crippen molar-refractivity contribution >= 4 is 35.8 Å². The summed E-state index contributed by atoms with van der Waals surface area (Å²) in [6, 6.07) is 3.02. The minimum Gasteiger partial charge on any atom is -0.468 e. The van der Waals surface area contributed by atoms with Crippen LogP contribution in [0.1, 0.15) is 31.7 Å². The molecule has 0 radical (unpaired) electrons. The standard InChI is InChI=1S/C18H26F3N5O2.HI/c1-2-22-17(23-8-4-10-26-9-3-5-16(26)27)25-12-14-6-7-15(24-11-14)28-13-18(19,20)21;/h6-7,11H,2-5,8-10,12-13H2,1H3,(H2,22,23,25);1H. The molecule has 1 amide bonds. The molecule has 164 valence electrons. The van der Waals surface area contributed by atoms with E-state index < -0.39 is 12.8 Å². The van der Waals surface area contributed by atoms with Gasteiger partial charge >= 0.3 is 6.18 Å². The molecule has 2 N–H and O–H groups in total. The van der Waals surface area contributed by atoms with Crippen molar-refractivity contribution in [1.82, 2.24) is 20.5 Å². The molecule has 0 spiro atoms. The van der Waals surface area contributed by atoms with E-state index in [1.807, 2.05) is 11.8 Å². The average Bonchev–Trinajstić information content (AvgIpc) is 3.06. The summed E-state index contributed by atoms with van der Waals surface area (Å²) in [6.45, 7) is 3.85. The molecule has 29 heavy (non-hydrogen) atoms. The van der Waals surface area contributed by atoms with Crippen molar-refractivity contribution in [1.29, 1.82) is 0 Å². The van der Waals surface area contributed by atoms with Gasteiger partial charge in [0.1, 0.15) is 0 Å². The highest BCUT2D eigenvalue weighted by molar-refractivity contribution is 14.0. The molecule has 0 aromatic carbocycles. The van der Waals surface area contributed by atoms with Crippen molar-refractivity contribution < 1.29 is 22.7 Å². The van der Waals surface area contributed by atoms with E-state index in [1.165, 1.54) is 12.3 Å². The number of alkyl halides is 3. The minimum atomic E-state index is -4.39. The van der Waals surface area contributed by atoms with Gasteiger partial charge in [-0.05, 0) is 25.3 Å². The second kappa shape index (κ2) is 12.7. The van der Waals surface area contributed by atoms with E-state index in [2.05, 4.69) is 25.3 Å². The zero-order valence-electron chi connectivity index (χ0n) is 16.3. The van der Waals surface area contributed by atoms with Gasteiger partial charge in [0.05, 0.1) is 6.54 Å². The number of amides is 1. The van der Waals surface area contributed by atoms with Gasteiger partial charge in [0.15, 0.2) is 12.6 Å². The third-order valence-corrected chi connectivity index (χ3v) is 4.01. The number of aliphatic imine (C=N–C) groups is 1. The summed E-state index contributed by atoms with van der Waals surface area (Å²) in [7, 11) is 0. The predicted molar refractivity (Wildman–Crippen MR) is 114 cm³/mol. The maximum atomic E-state index is 12.1. The van der Waals surface area contributed by atoms with E-state index in [-0.39, 0.29) is 35.8 Å². The molecule has 0 saturated carbocycles. The fourth-order valence-electron chi connectivity index (χ4n) is 2.67. The van der Waals surface area contributed by atoms with Crippen LogP contribution in [-0.4, -0.2) is 60.7 Å². The number of carbonyl (C=O) groups excluding carboxylic acids is 1. The van der Waals surface area contributed by atoms with Crippen molar-refractivity contribution in [2.75, 3.05) is 32.8 Å². The lowest BCUT2D eigenvalue weighted by atomic mass is 10.3. The lowest BCUT2D eigenvalue weighted by molar-refractivity contribution is -0.154. The van der Waals surface area contributed by atoms with Crippen LogP contribution >= 0.6 is 24.0 Å². The summed E-state index contributed by atoms with van der Waals surface area (Å²) < 4.78 is 41.0. The van der Waals surface area contributed by atoms with Gasteiger partial charge in [-0.15, -0.1) is 24.0 Å². The Morgan fingerprint density at radius 3 is 2.72 bits per heavy atom. The van der Waals surface area contributed by atoms with Gasteiger partial charge in [0.25, 0.3) is 0 Å². The number of guanidine groups is 1. The fraction of sp³-hybridized carbons (Fsp3) is 0.611. The van der Waals surface area contributed by atoms with Gasteiger partial charge in [-0.25, -0.2) is 9.98 Å². The number of hydrogen-bond donors (Lipinski definition) is 2. The molecule has 0 atom stereocenters. The van der Waals surface area contributed by atoms with Crippen LogP contribution in [0, 0.1) is 0 Å². The third-order valence-electron chi connectivity index (χ3n) is 4.01.